The number of nitrogens with two attached hydrogens (primary N) is 1. The van der Waals surface area contributed by atoms with Gasteiger partial charge in [0.2, 0.25) is 0 Å². The van der Waals surface area contributed by atoms with Crippen LogP contribution >= 0.6 is 0 Å². The van der Waals surface area contributed by atoms with Crippen LogP contribution in [-0.2, 0) is 6.42 Å². The maximum atomic E-state index is 12.2. The predicted molar refractivity (Wildman–Crippen MR) is 117 cm³/mol. The second-order valence-electron chi connectivity index (χ2n) is 7.39. The van der Waals surface area contributed by atoms with Crippen molar-refractivity contribution in [1.29, 1.82) is 0 Å². The van der Waals surface area contributed by atoms with Crippen LogP contribution in [0.25, 0.3) is 0 Å². The van der Waals surface area contributed by atoms with Crippen molar-refractivity contribution in [2.75, 3.05) is 29.1 Å². The lowest BCUT2D eigenvalue weighted by Crippen LogP contribution is -2.36. The highest BCUT2D eigenvalue weighted by atomic mass is 16.2. The number of pyridine rings is 1. The molecule has 2 aromatic heterocycles. The second-order valence-corrected chi connectivity index (χ2v) is 7.39. The fourth-order valence-corrected chi connectivity index (χ4v) is 3.73. The maximum absolute atomic E-state index is 12.2. The minimum Gasteiger partial charge on any atom is -0.393 e. The monoisotopic (exact) mass is 403 g/mol. The van der Waals surface area contributed by atoms with Gasteiger partial charge in [0.25, 0.3) is 5.91 Å². The Bertz CT molecular complexity index is 973. The van der Waals surface area contributed by atoms with E-state index in [0.717, 1.165) is 32.4 Å². The lowest BCUT2D eigenvalue weighted by atomic mass is 9.90. The third kappa shape index (κ3) is 4.65. The van der Waals surface area contributed by atoms with E-state index in [9.17, 15) is 4.79 Å². The van der Waals surface area contributed by atoms with Gasteiger partial charge in [-0.3, -0.25) is 20.6 Å². The van der Waals surface area contributed by atoms with Crippen LogP contribution in [-0.4, -0.2) is 33.9 Å². The van der Waals surface area contributed by atoms with Gasteiger partial charge < -0.3 is 10.6 Å². The van der Waals surface area contributed by atoms with Crippen molar-refractivity contribution in [3.63, 3.8) is 0 Å². The summed E-state index contributed by atoms with van der Waals surface area (Å²) in [5, 5.41) is 0. The van der Waals surface area contributed by atoms with Crippen LogP contribution in [0.3, 0.4) is 0 Å². The van der Waals surface area contributed by atoms with Crippen molar-refractivity contribution in [1.82, 2.24) is 20.4 Å². The highest BCUT2D eigenvalue weighted by Crippen LogP contribution is 2.30. The largest absolute Gasteiger partial charge is 0.393 e. The maximum Gasteiger partial charge on any atom is 0.269 e. The number of carbonyl (C=O) groups is 1. The number of hydrogen-bond acceptors (Lipinski definition) is 7. The van der Waals surface area contributed by atoms with Crippen molar-refractivity contribution in [3.8, 4) is 0 Å². The van der Waals surface area contributed by atoms with Crippen molar-refractivity contribution in [3.05, 3.63) is 72.3 Å². The first-order valence-electron chi connectivity index (χ1n) is 10.1. The number of nitrogens with zero attached hydrogens (tertiary/aromatic N) is 4. The highest BCUT2D eigenvalue weighted by Gasteiger charge is 2.23. The van der Waals surface area contributed by atoms with E-state index >= 15 is 0 Å². The Labute approximate surface area is 175 Å². The van der Waals surface area contributed by atoms with Crippen LogP contribution in [0.1, 0.15) is 28.8 Å². The summed E-state index contributed by atoms with van der Waals surface area (Å²) in [5.41, 5.74) is 14.0. The molecule has 4 rings (SSSR count). The number of nitrogen functional groups attached to an aromatic ring is 1. The Morgan fingerprint density at radius 1 is 1.07 bits per heavy atom. The van der Waals surface area contributed by atoms with Gasteiger partial charge in [0.1, 0.15) is 12.0 Å². The molecule has 0 aliphatic carbocycles. The fraction of sp³-hybridized carbons (Fsp3) is 0.273. The van der Waals surface area contributed by atoms with Crippen LogP contribution < -0.4 is 21.5 Å². The van der Waals surface area contributed by atoms with Crippen molar-refractivity contribution in [2.45, 2.75) is 19.3 Å². The minimum absolute atomic E-state index is 0.293. The number of carbonyl (C=O) groups excluding carboxylic acids is 1. The topological polar surface area (TPSA) is 109 Å². The van der Waals surface area contributed by atoms with E-state index < -0.39 is 0 Å². The summed E-state index contributed by atoms with van der Waals surface area (Å²) in [4.78, 5) is 26.9. The molecule has 8 nitrogen and oxygen atoms in total. The third-order valence-electron chi connectivity index (χ3n) is 5.38. The van der Waals surface area contributed by atoms with Gasteiger partial charge in [-0.15, -0.1) is 0 Å². The number of nitrogens with one attached hydrogen (secondary N) is 2. The molecule has 0 bridgehead atoms. The number of hydrogen-bond donors (Lipinski definition) is 3. The molecule has 4 N–H and O–H groups in total. The second kappa shape index (κ2) is 9.21. The van der Waals surface area contributed by atoms with Crippen molar-refractivity contribution < 1.29 is 4.79 Å². The normalized spacial score (nSPS) is 14.3. The average molecular weight is 403 g/mol. The SMILES string of the molecule is Nc1c(NNC(=O)c2ccncc2)ncnc1N1CCC(Cc2ccccc2)CC1. The van der Waals surface area contributed by atoms with Crippen LogP contribution in [0, 0.1) is 5.92 Å². The molecule has 0 radical (unpaired) electrons. The Kier molecular flexibility index (Phi) is 6.03. The molecule has 8 heteroatoms. The number of rotatable bonds is 6. The Hall–Kier alpha value is -3.68. The molecule has 30 heavy (non-hydrogen) atoms. The van der Waals surface area contributed by atoms with E-state index in [4.69, 9.17) is 5.73 Å². The van der Waals surface area contributed by atoms with Gasteiger partial charge in [-0.25, -0.2) is 9.97 Å². The van der Waals surface area contributed by atoms with E-state index in [2.05, 4.69) is 61.0 Å². The lowest BCUT2D eigenvalue weighted by molar-refractivity contribution is 0.0962. The Morgan fingerprint density at radius 2 is 1.80 bits per heavy atom. The van der Waals surface area contributed by atoms with Crippen molar-refractivity contribution in [2.24, 2.45) is 5.92 Å². The molecule has 0 spiro atoms. The average Bonchev–Trinajstić information content (AvgIpc) is 2.80. The van der Waals surface area contributed by atoms with Gasteiger partial charge in [-0.1, -0.05) is 30.3 Å². The highest BCUT2D eigenvalue weighted by molar-refractivity contribution is 5.95. The van der Waals surface area contributed by atoms with E-state index in [1.54, 1.807) is 24.5 Å². The number of hydrazine groups is 1. The first kappa shape index (κ1) is 19.6. The van der Waals surface area contributed by atoms with Gasteiger partial charge in [-0.2, -0.15) is 0 Å². The summed E-state index contributed by atoms with van der Waals surface area (Å²) in [6, 6.07) is 13.9. The molecule has 1 aliphatic heterocycles. The number of amides is 1. The van der Waals surface area contributed by atoms with E-state index in [1.165, 1.54) is 11.9 Å². The molecule has 1 saturated heterocycles. The van der Waals surface area contributed by atoms with Gasteiger partial charge in [0, 0.05) is 31.0 Å². The van der Waals surface area contributed by atoms with E-state index in [-0.39, 0.29) is 5.91 Å². The molecule has 1 amide bonds. The molecule has 1 fully saturated rings. The van der Waals surface area contributed by atoms with Gasteiger partial charge in [0.15, 0.2) is 11.6 Å². The van der Waals surface area contributed by atoms with Gasteiger partial charge >= 0.3 is 0 Å². The van der Waals surface area contributed by atoms with Crippen LogP contribution in [0.5, 0.6) is 0 Å². The number of piperidine rings is 1. The molecular weight excluding hydrogens is 378 g/mol. The zero-order chi connectivity index (χ0) is 20.8. The Balaban J connectivity index is 1.36. The third-order valence-corrected chi connectivity index (χ3v) is 5.38. The molecule has 3 aromatic rings. The molecular formula is C22H25N7O. The van der Waals surface area contributed by atoms with E-state index in [1.807, 2.05) is 0 Å². The summed E-state index contributed by atoms with van der Waals surface area (Å²) in [6.07, 6.45) is 7.85. The smallest absolute Gasteiger partial charge is 0.269 e. The quantitative estimate of drug-likeness (QED) is 0.543. The molecule has 3 heterocycles. The summed E-state index contributed by atoms with van der Waals surface area (Å²) in [6.45, 7) is 1.78. The zero-order valence-corrected chi connectivity index (χ0v) is 16.7. The van der Waals surface area contributed by atoms with E-state index in [0.29, 0.717) is 28.8 Å². The molecule has 154 valence electrons. The Morgan fingerprint density at radius 3 is 2.53 bits per heavy atom. The summed E-state index contributed by atoms with van der Waals surface area (Å²) < 4.78 is 0. The summed E-state index contributed by atoms with van der Waals surface area (Å²) in [7, 11) is 0. The first-order valence-corrected chi connectivity index (χ1v) is 10.1. The fourth-order valence-electron chi connectivity index (χ4n) is 3.73. The van der Waals surface area contributed by atoms with Crippen LogP contribution in [0.15, 0.2) is 61.2 Å². The molecule has 1 aliphatic rings. The van der Waals surface area contributed by atoms with Crippen LogP contribution in [0.4, 0.5) is 17.3 Å². The lowest BCUT2D eigenvalue weighted by Gasteiger charge is -2.33. The minimum atomic E-state index is -0.293. The number of anilines is 3. The summed E-state index contributed by atoms with van der Waals surface area (Å²) >= 11 is 0. The standard InChI is InChI=1S/C22H25N7O/c23-19-20(27-28-22(30)18-6-10-24-11-7-18)25-15-26-21(19)29-12-8-17(9-13-29)14-16-4-2-1-3-5-16/h1-7,10-11,15,17H,8-9,12-14,23H2,(H,28,30)(H,25,26,27). The zero-order valence-electron chi connectivity index (χ0n) is 16.7. The first-order chi connectivity index (χ1) is 14.7. The summed E-state index contributed by atoms with van der Waals surface area (Å²) in [5.74, 6) is 1.44. The van der Waals surface area contributed by atoms with Gasteiger partial charge in [-0.05, 0) is 42.9 Å². The molecule has 1 aromatic carbocycles. The van der Waals surface area contributed by atoms with Gasteiger partial charge in [0.05, 0.1) is 0 Å². The molecule has 0 atom stereocenters. The number of benzene rings is 1. The predicted octanol–water partition coefficient (Wildman–Crippen LogP) is 2.67. The van der Waals surface area contributed by atoms with Crippen molar-refractivity contribution >= 4 is 23.2 Å². The number of aromatic nitrogens is 3. The van der Waals surface area contributed by atoms with Crippen LogP contribution in [0.2, 0.25) is 0 Å². The molecule has 0 saturated carbocycles. The molecule has 0 unspecified atom stereocenters.